The predicted molar refractivity (Wildman–Crippen MR) is 93.2 cm³/mol. The van der Waals surface area contributed by atoms with E-state index in [0.717, 1.165) is 38.1 Å². The van der Waals surface area contributed by atoms with Crippen LogP contribution in [-0.2, 0) is 11.8 Å². The number of aromatic nitrogens is 3. The van der Waals surface area contributed by atoms with Gasteiger partial charge in [0.05, 0.1) is 6.54 Å². The summed E-state index contributed by atoms with van der Waals surface area (Å²) in [6.07, 6.45) is 1.86. The molecule has 1 aromatic heterocycles. The summed E-state index contributed by atoms with van der Waals surface area (Å²) < 4.78 is 27.8. The summed E-state index contributed by atoms with van der Waals surface area (Å²) in [4.78, 5) is 28.3. The molecule has 2 heterocycles. The fourth-order valence-corrected chi connectivity index (χ4v) is 2.88. The summed E-state index contributed by atoms with van der Waals surface area (Å²) in [5.74, 6) is -1.81. The smallest absolute Gasteiger partial charge is 0.251 e. The van der Waals surface area contributed by atoms with Gasteiger partial charge in [0.1, 0.15) is 11.6 Å². The first-order chi connectivity index (χ1) is 12.9. The normalized spacial score (nSPS) is 14.8. The monoisotopic (exact) mass is 378 g/mol. The van der Waals surface area contributed by atoms with Crippen molar-refractivity contribution in [3.63, 3.8) is 0 Å². The Morgan fingerprint density at radius 3 is 2.56 bits per heavy atom. The topological polar surface area (TPSA) is 101 Å². The van der Waals surface area contributed by atoms with Crippen LogP contribution >= 0.6 is 0 Å². The lowest BCUT2D eigenvalue weighted by atomic mass is 9.98. The van der Waals surface area contributed by atoms with Crippen molar-refractivity contribution in [2.45, 2.75) is 18.8 Å². The van der Waals surface area contributed by atoms with Gasteiger partial charge in [-0.15, -0.1) is 0 Å². The lowest BCUT2D eigenvalue weighted by Gasteiger charge is -2.19. The molecule has 3 N–H and O–H groups in total. The first-order valence-electron chi connectivity index (χ1n) is 8.58. The van der Waals surface area contributed by atoms with Crippen molar-refractivity contribution in [3.05, 3.63) is 41.2 Å². The van der Waals surface area contributed by atoms with Gasteiger partial charge in [0.15, 0.2) is 5.82 Å². The molecular weight excluding hydrogens is 358 g/mol. The van der Waals surface area contributed by atoms with E-state index in [1.54, 1.807) is 7.05 Å². The lowest BCUT2D eigenvalue weighted by Crippen LogP contribution is -2.33. The van der Waals surface area contributed by atoms with Gasteiger partial charge < -0.3 is 10.6 Å². The third-order valence-corrected chi connectivity index (χ3v) is 4.27. The molecule has 27 heavy (non-hydrogen) atoms. The highest BCUT2D eigenvalue weighted by Crippen LogP contribution is 2.23. The van der Waals surface area contributed by atoms with E-state index in [4.69, 9.17) is 0 Å². The highest BCUT2D eigenvalue weighted by molar-refractivity contribution is 5.98. The standard InChI is InChI=1S/C17H20F2N6O2/c1-25-17(23-15(24-25)10-2-4-20-5-3-10)22-14(26)9-21-16(27)11-6-12(18)8-13(19)7-11/h6-8,10,20H,2-5,9H2,1H3,(H,21,27)(H,22,23,24,26). The molecular formula is C17H20F2N6O2. The molecule has 10 heteroatoms. The van der Waals surface area contributed by atoms with Crippen molar-refractivity contribution >= 4 is 17.8 Å². The van der Waals surface area contributed by atoms with Crippen LogP contribution in [0, 0.1) is 11.6 Å². The number of amides is 2. The Morgan fingerprint density at radius 2 is 1.89 bits per heavy atom. The lowest BCUT2D eigenvalue weighted by molar-refractivity contribution is -0.115. The average Bonchev–Trinajstić information content (AvgIpc) is 3.00. The number of carbonyl (C=O) groups is 2. The van der Waals surface area contributed by atoms with E-state index in [9.17, 15) is 18.4 Å². The Hall–Kier alpha value is -2.88. The zero-order valence-corrected chi connectivity index (χ0v) is 14.8. The highest BCUT2D eigenvalue weighted by atomic mass is 19.1. The van der Waals surface area contributed by atoms with Crippen LogP contribution in [0.4, 0.5) is 14.7 Å². The summed E-state index contributed by atoms with van der Waals surface area (Å²) in [5, 5.41) is 12.5. The molecule has 144 valence electrons. The molecule has 0 saturated carbocycles. The molecule has 0 aliphatic carbocycles. The second-order valence-electron chi connectivity index (χ2n) is 6.33. The van der Waals surface area contributed by atoms with Crippen molar-refractivity contribution in [3.8, 4) is 0 Å². The van der Waals surface area contributed by atoms with Gasteiger partial charge in [-0.1, -0.05) is 0 Å². The first kappa shape index (κ1) is 18.9. The molecule has 1 aliphatic heterocycles. The summed E-state index contributed by atoms with van der Waals surface area (Å²) in [7, 11) is 1.67. The number of benzene rings is 1. The average molecular weight is 378 g/mol. The minimum atomic E-state index is -0.867. The van der Waals surface area contributed by atoms with E-state index >= 15 is 0 Å². The van der Waals surface area contributed by atoms with Crippen LogP contribution in [0.3, 0.4) is 0 Å². The molecule has 0 spiro atoms. The molecule has 1 saturated heterocycles. The zero-order chi connectivity index (χ0) is 19.4. The van der Waals surface area contributed by atoms with E-state index < -0.39 is 23.4 Å². The first-order valence-corrected chi connectivity index (χ1v) is 8.58. The maximum atomic E-state index is 13.2. The SMILES string of the molecule is Cn1nc(C2CCNCC2)nc1NC(=O)CNC(=O)c1cc(F)cc(F)c1. The largest absolute Gasteiger partial charge is 0.343 e. The van der Waals surface area contributed by atoms with E-state index in [0.29, 0.717) is 11.9 Å². The molecule has 0 bridgehead atoms. The van der Waals surface area contributed by atoms with Gasteiger partial charge >= 0.3 is 0 Å². The van der Waals surface area contributed by atoms with Gasteiger partial charge in [-0.25, -0.2) is 13.5 Å². The highest BCUT2D eigenvalue weighted by Gasteiger charge is 2.21. The maximum absolute atomic E-state index is 13.2. The maximum Gasteiger partial charge on any atom is 0.251 e. The van der Waals surface area contributed by atoms with Gasteiger partial charge in [0, 0.05) is 24.6 Å². The number of carbonyl (C=O) groups excluding carboxylic acids is 2. The van der Waals surface area contributed by atoms with Crippen molar-refractivity contribution in [1.82, 2.24) is 25.4 Å². The third-order valence-electron chi connectivity index (χ3n) is 4.27. The Balaban J connectivity index is 1.56. The van der Waals surface area contributed by atoms with Crippen LogP contribution in [0.5, 0.6) is 0 Å². The van der Waals surface area contributed by atoms with Crippen LogP contribution in [0.1, 0.15) is 34.9 Å². The van der Waals surface area contributed by atoms with E-state index in [2.05, 4.69) is 26.0 Å². The molecule has 3 rings (SSSR count). The molecule has 1 aliphatic rings. The van der Waals surface area contributed by atoms with E-state index in [-0.39, 0.29) is 24.0 Å². The van der Waals surface area contributed by atoms with Crippen molar-refractivity contribution in [1.29, 1.82) is 0 Å². The Labute approximate surface area is 154 Å². The second-order valence-corrected chi connectivity index (χ2v) is 6.33. The van der Waals surface area contributed by atoms with Gasteiger partial charge in [0.2, 0.25) is 11.9 Å². The number of piperidine rings is 1. The van der Waals surface area contributed by atoms with Crippen molar-refractivity contribution in [2.24, 2.45) is 7.05 Å². The number of hydrogen-bond acceptors (Lipinski definition) is 5. The number of aryl methyl sites for hydroxylation is 1. The van der Waals surface area contributed by atoms with Crippen molar-refractivity contribution in [2.75, 3.05) is 25.0 Å². The number of nitrogens with one attached hydrogen (secondary N) is 3. The van der Waals surface area contributed by atoms with Crippen LogP contribution in [0.25, 0.3) is 0 Å². The van der Waals surface area contributed by atoms with Gasteiger partial charge in [-0.2, -0.15) is 10.1 Å². The van der Waals surface area contributed by atoms with Crippen LogP contribution in [0.15, 0.2) is 18.2 Å². The number of rotatable bonds is 5. The predicted octanol–water partition coefficient (Wildman–Crippen LogP) is 0.929. The van der Waals surface area contributed by atoms with Crippen molar-refractivity contribution < 1.29 is 18.4 Å². The van der Waals surface area contributed by atoms with E-state index in [1.165, 1.54) is 4.68 Å². The number of nitrogens with zero attached hydrogens (tertiary/aromatic N) is 3. The molecule has 0 unspecified atom stereocenters. The Morgan fingerprint density at radius 1 is 1.22 bits per heavy atom. The molecule has 1 aromatic carbocycles. The summed E-state index contributed by atoms with van der Waals surface area (Å²) >= 11 is 0. The minimum absolute atomic E-state index is 0.202. The molecule has 2 amide bonds. The molecule has 0 radical (unpaired) electrons. The number of halogens is 2. The summed E-state index contributed by atoms with van der Waals surface area (Å²) in [6, 6.07) is 2.45. The second kappa shape index (κ2) is 8.21. The number of anilines is 1. The molecule has 2 aromatic rings. The van der Waals surface area contributed by atoms with Gasteiger partial charge in [0.25, 0.3) is 5.91 Å². The zero-order valence-electron chi connectivity index (χ0n) is 14.8. The minimum Gasteiger partial charge on any atom is -0.343 e. The molecule has 1 fully saturated rings. The molecule has 0 atom stereocenters. The Kier molecular flexibility index (Phi) is 5.75. The third kappa shape index (κ3) is 4.85. The molecule has 8 nitrogen and oxygen atoms in total. The van der Waals surface area contributed by atoms with Gasteiger partial charge in [-0.3, -0.25) is 14.9 Å². The number of hydrogen-bond donors (Lipinski definition) is 3. The summed E-state index contributed by atoms with van der Waals surface area (Å²) in [6.45, 7) is 1.43. The fraction of sp³-hybridized carbons (Fsp3) is 0.412. The summed E-state index contributed by atoms with van der Waals surface area (Å²) in [5.41, 5.74) is -0.202. The van der Waals surface area contributed by atoms with Crippen LogP contribution in [-0.4, -0.2) is 46.2 Å². The van der Waals surface area contributed by atoms with E-state index in [1.807, 2.05) is 0 Å². The Bertz CT molecular complexity index is 828. The fourth-order valence-electron chi connectivity index (χ4n) is 2.88. The van der Waals surface area contributed by atoms with Gasteiger partial charge in [-0.05, 0) is 38.1 Å². The van der Waals surface area contributed by atoms with Crippen LogP contribution in [0.2, 0.25) is 0 Å². The quantitative estimate of drug-likeness (QED) is 0.719. The van der Waals surface area contributed by atoms with Crippen LogP contribution < -0.4 is 16.0 Å².